The van der Waals surface area contributed by atoms with Gasteiger partial charge in [0, 0.05) is 25.6 Å². The highest BCUT2D eigenvalue weighted by Gasteiger charge is 2.50. The van der Waals surface area contributed by atoms with E-state index >= 15 is 0 Å². The van der Waals surface area contributed by atoms with Gasteiger partial charge in [-0.1, -0.05) is 6.42 Å². The van der Waals surface area contributed by atoms with Gasteiger partial charge in [-0.15, -0.1) is 0 Å². The van der Waals surface area contributed by atoms with Gasteiger partial charge in [-0.25, -0.2) is 29.3 Å². The molecule has 3 aromatic heterocycles. The van der Waals surface area contributed by atoms with Gasteiger partial charge in [0.1, 0.15) is 6.33 Å². The molecule has 0 bridgehead atoms. The first-order valence-electron chi connectivity index (χ1n) is 9.12. The SMILES string of the molecule is Cn1cnc2c(N3CC4CCCC4(COc4ncc(F)cn4)C3)ncnc21. The van der Waals surface area contributed by atoms with Crippen LogP contribution >= 0.6 is 0 Å². The summed E-state index contributed by atoms with van der Waals surface area (Å²) in [6, 6.07) is 0.226. The summed E-state index contributed by atoms with van der Waals surface area (Å²) in [5, 5.41) is 0. The molecule has 2 unspecified atom stereocenters. The minimum Gasteiger partial charge on any atom is -0.463 e. The maximum atomic E-state index is 13.0. The Morgan fingerprint density at radius 2 is 2.07 bits per heavy atom. The molecule has 8 nitrogen and oxygen atoms in total. The highest BCUT2D eigenvalue weighted by atomic mass is 19.1. The van der Waals surface area contributed by atoms with Crippen molar-refractivity contribution in [1.82, 2.24) is 29.5 Å². The van der Waals surface area contributed by atoms with E-state index in [1.54, 1.807) is 12.7 Å². The van der Waals surface area contributed by atoms with Crippen LogP contribution in [0.1, 0.15) is 19.3 Å². The Balaban J connectivity index is 1.39. The molecule has 1 saturated heterocycles. The number of aromatic nitrogens is 6. The van der Waals surface area contributed by atoms with Crippen LogP contribution in [0.5, 0.6) is 6.01 Å². The number of hydrogen-bond donors (Lipinski definition) is 0. The van der Waals surface area contributed by atoms with E-state index in [2.05, 4.69) is 29.8 Å². The molecule has 9 heteroatoms. The predicted octanol–water partition coefficient (Wildman–Crippen LogP) is 1.98. The van der Waals surface area contributed by atoms with Crippen molar-refractivity contribution in [2.75, 3.05) is 24.6 Å². The average Bonchev–Trinajstić information content (AvgIpc) is 3.34. The number of fused-ring (bicyclic) bond motifs is 2. The van der Waals surface area contributed by atoms with E-state index in [9.17, 15) is 4.39 Å². The van der Waals surface area contributed by atoms with Crippen LogP contribution in [-0.2, 0) is 7.05 Å². The normalized spacial score (nSPS) is 24.5. The lowest BCUT2D eigenvalue weighted by molar-refractivity contribution is 0.129. The van der Waals surface area contributed by atoms with Crippen molar-refractivity contribution in [1.29, 1.82) is 0 Å². The van der Waals surface area contributed by atoms with Gasteiger partial charge >= 0.3 is 6.01 Å². The van der Waals surface area contributed by atoms with E-state index in [0.717, 1.165) is 48.9 Å². The Hall–Kier alpha value is -2.84. The molecule has 0 aromatic carbocycles. The van der Waals surface area contributed by atoms with Crippen molar-refractivity contribution in [3.8, 4) is 6.01 Å². The maximum absolute atomic E-state index is 13.0. The van der Waals surface area contributed by atoms with Gasteiger partial charge in [-0.2, -0.15) is 0 Å². The zero-order valence-corrected chi connectivity index (χ0v) is 15.0. The Morgan fingerprint density at radius 1 is 1.22 bits per heavy atom. The highest BCUT2D eigenvalue weighted by Crippen LogP contribution is 2.50. The molecule has 1 aliphatic carbocycles. The van der Waals surface area contributed by atoms with E-state index < -0.39 is 5.82 Å². The van der Waals surface area contributed by atoms with Crippen LogP contribution in [0.15, 0.2) is 25.0 Å². The summed E-state index contributed by atoms with van der Waals surface area (Å²) in [6.07, 6.45) is 9.08. The first kappa shape index (κ1) is 16.3. The van der Waals surface area contributed by atoms with Crippen LogP contribution in [0.4, 0.5) is 10.2 Å². The fourth-order valence-corrected chi connectivity index (χ4v) is 4.56. The minimum atomic E-state index is -0.463. The summed E-state index contributed by atoms with van der Waals surface area (Å²) in [5.41, 5.74) is 1.70. The number of aryl methyl sites for hydroxylation is 1. The van der Waals surface area contributed by atoms with Gasteiger partial charge < -0.3 is 14.2 Å². The van der Waals surface area contributed by atoms with Crippen LogP contribution in [-0.4, -0.2) is 49.2 Å². The van der Waals surface area contributed by atoms with Gasteiger partial charge in [-0.05, 0) is 18.8 Å². The number of rotatable bonds is 4. The molecule has 2 fully saturated rings. The Kier molecular flexibility index (Phi) is 3.70. The van der Waals surface area contributed by atoms with Gasteiger partial charge in [-0.3, -0.25) is 0 Å². The molecule has 0 amide bonds. The second kappa shape index (κ2) is 6.11. The van der Waals surface area contributed by atoms with E-state index in [0.29, 0.717) is 12.5 Å². The Morgan fingerprint density at radius 3 is 2.93 bits per heavy atom. The summed E-state index contributed by atoms with van der Waals surface area (Å²) in [5.74, 6) is 0.938. The molecule has 5 rings (SSSR count). The number of ether oxygens (including phenoxy) is 1. The van der Waals surface area contributed by atoms with Crippen LogP contribution in [0.2, 0.25) is 0 Å². The lowest BCUT2D eigenvalue weighted by Gasteiger charge is -2.28. The third-order valence-corrected chi connectivity index (χ3v) is 5.90. The molecule has 140 valence electrons. The number of halogens is 1. The smallest absolute Gasteiger partial charge is 0.316 e. The third-order valence-electron chi connectivity index (χ3n) is 5.90. The predicted molar refractivity (Wildman–Crippen MR) is 95.8 cm³/mol. The van der Waals surface area contributed by atoms with Crippen molar-refractivity contribution >= 4 is 17.0 Å². The van der Waals surface area contributed by atoms with Crippen molar-refractivity contribution < 1.29 is 9.13 Å². The van der Waals surface area contributed by atoms with Gasteiger partial charge in [0.2, 0.25) is 0 Å². The summed E-state index contributed by atoms with van der Waals surface area (Å²) in [4.78, 5) is 23.5. The van der Waals surface area contributed by atoms with E-state index in [1.165, 1.54) is 12.8 Å². The van der Waals surface area contributed by atoms with Crippen molar-refractivity contribution in [3.05, 3.63) is 30.9 Å². The molecule has 2 aliphatic rings. The van der Waals surface area contributed by atoms with Gasteiger partial charge in [0.05, 0.1) is 25.3 Å². The molecule has 1 aliphatic heterocycles. The number of hydrogen-bond acceptors (Lipinski definition) is 7. The molecule has 4 heterocycles. The van der Waals surface area contributed by atoms with Crippen LogP contribution < -0.4 is 9.64 Å². The standard InChI is InChI=1S/C18H20FN7O/c1-25-11-24-14-15(25)22-10-23-16(14)26-7-12-3-2-4-18(12,8-26)9-27-17-20-5-13(19)6-21-17/h5-6,10-12H,2-4,7-9H2,1H3. The highest BCUT2D eigenvalue weighted by molar-refractivity contribution is 5.83. The lowest BCUT2D eigenvalue weighted by atomic mass is 9.82. The molecule has 1 saturated carbocycles. The lowest BCUT2D eigenvalue weighted by Crippen LogP contribution is -2.34. The number of imidazole rings is 1. The number of anilines is 1. The first-order chi connectivity index (χ1) is 13.1. The molecular weight excluding hydrogens is 349 g/mol. The minimum absolute atomic E-state index is 0.0315. The fourth-order valence-electron chi connectivity index (χ4n) is 4.56. The van der Waals surface area contributed by atoms with Crippen LogP contribution in [0.25, 0.3) is 11.2 Å². The first-order valence-corrected chi connectivity index (χ1v) is 9.12. The van der Waals surface area contributed by atoms with Crippen LogP contribution in [0.3, 0.4) is 0 Å². The Labute approximate surface area is 155 Å². The van der Waals surface area contributed by atoms with Crippen molar-refractivity contribution in [2.24, 2.45) is 18.4 Å². The van der Waals surface area contributed by atoms with Crippen LogP contribution in [0, 0.1) is 17.2 Å². The topological polar surface area (TPSA) is 81.9 Å². The Bertz CT molecular complexity index is 976. The maximum Gasteiger partial charge on any atom is 0.316 e. The molecular formula is C18H20FN7O. The molecule has 2 atom stereocenters. The molecule has 3 aromatic rings. The van der Waals surface area contributed by atoms with E-state index in [1.807, 2.05) is 11.6 Å². The third kappa shape index (κ3) is 2.68. The summed E-state index contributed by atoms with van der Waals surface area (Å²) in [7, 11) is 1.93. The van der Waals surface area contributed by atoms with Gasteiger partial charge in [0.25, 0.3) is 0 Å². The zero-order valence-electron chi connectivity index (χ0n) is 15.0. The molecule has 27 heavy (non-hydrogen) atoms. The molecule has 0 spiro atoms. The fraction of sp³-hybridized carbons (Fsp3) is 0.500. The largest absolute Gasteiger partial charge is 0.463 e. The second-order valence-corrected chi connectivity index (χ2v) is 7.53. The average molecular weight is 369 g/mol. The second-order valence-electron chi connectivity index (χ2n) is 7.53. The summed E-state index contributed by atoms with van der Waals surface area (Å²) >= 11 is 0. The van der Waals surface area contributed by atoms with Crippen molar-refractivity contribution in [2.45, 2.75) is 19.3 Å². The summed E-state index contributed by atoms with van der Waals surface area (Å²) < 4.78 is 20.8. The van der Waals surface area contributed by atoms with Gasteiger partial charge in [0.15, 0.2) is 22.8 Å². The summed E-state index contributed by atoms with van der Waals surface area (Å²) in [6.45, 7) is 2.30. The van der Waals surface area contributed by atoms with E-state index in [-0.39, 0.29) is 11.4 Å². The zero-order chi connectivity index (χ0) is 18.4. The van der Waals surface area contributed by atoms with E-state index in [4.69, 9.17) is 4.74 Å². The number of nitrogens with zero attached hydrogens (tertiary/aromatic N) is 7. The monoisotopic (exact) mass is 369 g/mol. The molecule has 0 N–H and O–H groups in total. The molecule has 0 radical (unpaired) electrons. The van der Waals surface area contributed by atoms with Crippen molar-refractivity contribution in [3.63, 3.8) is 0 Å². The quantitative estimate of drug-likeness (QED) is 0.695.